The second kappa shape index (κ2) is 13.7. The van der Waals surface area contributed by atoms with Crippen LogP contribution in [0.1, 0.15) is 44.5 Å². The molecule has 74 heavy (non-hydrogen) atoms. The second-order valence-electron chi connectivity index (χ2n) is 20.6. The zero-order valence-electron chi connectivity index (χ0n) is 39.7. The minimum atomic E-state index is -0.589. The molecule has 11 aromatic rings. The molecule has 0 atom stereocenters. The van der Waals surface area contributed by atoms with Gasteiger partial charge in [-0.05, 0) is 133 Å². The lowest BCUT2D eigenvalue weighted by molar-refractivity contribution is 0.462. The first kappa shape index (κ1) is 39.1. The van der Waals surface area contributed by atoms with E-state index in [4.69, 9.17) is 14.2 Å². The first-order valence-electron chi connectivity index (χ1n) is 25.6. The summed E-state index contributed by atoms with van der Waals surface area (Å²) in [6, 6.07) is 86.8. The third kappa shape index (κ3) is 4.52. The molecule has 0 radical (unpaired) electrons. The fraction of sp³-hybridized carbons (Fsp3) is 0.0294. The molecule has 0 amide bonds. The van der Waals surface area contributed by atoms with Crippen molar-refractivity contribution in [3.63, 3.8) is 0 Å². The highest BCUT2D eigenvalue weighted by Gasteiger charge is 2.55. The largest absolute Gasteiger partial charge is 0.458 e. The molecule has 0 saturated carbocycles. The molecule has 5 heterocycles. The summed E-state index contributed by atoms with van der Waals surface area (Å²) in [6.07, 6.45) is 0. The Balaban J connectivity index is 0.907. The van der Waals surface area contributed by atoms with Crippen LogP contribution in [0.5, 0.6) is 34.5 Å². The quantitative estimate of drug-likeness (QED) is 0.164. The Kier molecular flexibility index (Phi) is 7.25. The summed E-state index contributed by atoms with van der Waals surface area (Å²) in [6.45, 7) is -0.148. The maximum atomic E-state index is 7.22. The van der Waals surface area contributed by atoms with Crippen LogP contribution in [0.4, 0.5) is 34.1 Å². The van der Waals surface area contributed by atoms with E-state index in [0.717, 1.165) is 79.5 Å². The molecule has 0 unspecified atom stereocenters. The second-order valence-corrected chi connectivity index (χ2v) is 20.6. The van der Waals surface area contributed by atoms with Gasteiger partial charge in [0.05, 0.1) is 33.6 Å². The summed E-state index contributed by atoms with van der Waals surface area (Å²) >= 11 is 0. The van der Waals surface area contributed by atoms with Crippen LogP contribution in [-0.2, 0) is 10.8 Å². The van der Waals surface area contributed by atoms with E-state index in [0.29, 0.717) is 0 Å². The van der Waals surface area contributed by atoms with Crippen molar-refractivity contribution >= 4 is 57.2 Å². The number of ether oxygens (including phenoxy) is 3. The Morgan fingerprint density at radius 1 is 0.270 bits per heavy atom. The fourth-order valence-corrected chi connectivity index (χ4v) is 14.7. The maximum absolute atomic E-state index is 7.22. The normalized spacial score (nSPS) is 15.5. The molecular formula is C68H39BN2O3. The van der Waals surface area contributed by atoms with Crippen LogP contribution in [0.2, 0.25) is 0 Å². The standard InChI is InChI=1S/C68H39BN2O3/c1-5-18-40(19-6-1)67(41-20-7-2-8-21-41)48-28-15-13-26-44(48)46-36-60-54(38-50(46)67)70-52-30-17-31-53-62(52)69-63-56(32-34-58(73-60)65(63)70)72-57-33-35-59-66(64(57)69)71(53)55-39-51-47(37-61(55)74-59)45-27-14-16-29-49(45)68(51,42-22-9-3-10-23-42)43-24-11-4-12-25-43/h1-39H. The summed E-state index contributed by atoms with van der Waals surface area (Å²) in [5.41, 5.74) is 23.2. The summed E-state index contributed by atoms with van der Waals surface area (Å²) in [7, 11) is 0. The number of hydrogen-bond acceptors (Lipinski definition) is 5. The number of anilines is 6. The van der Waals surface area contributed by atoms with Crippen LogP contribution >= 0.6 is 0 Å². The van der Waals surface area contributed by atoms with Crippen molar-refractivity contribution in [1.82, 2.24) is 0 Å². The molecule has 7 aliphatic rings. The molecule has 18 rings (SSSR count). The van der Waals surface area contributed by atoms with Crippen LogP contribution < -0.4 is 40.4 Å². The maximum Gasteiger partial charge on any atom is 0.262 e. The van der Waals surface area contributed by atoms with Crippen molar-refractivity contribution in [2.45, 2.75) is 10.8 Å². The van der Waals surface area contributed by atoms with E-state index in [-0.39, 0.29) is 6.71 Å². The molecule has 2 aliphatic carbocycles. The summed E-state index contributed by atoms with van der Waals surface area (Å²) in [5.74, 6) is 4.94. The Bertz CT molecular complexity index is 3960. The van der Waals surface area contributed by atoms with Gasteiger partial charge in [0, 0.05) is 22.3 Å². The molecule has 0 fully saturated rings. The molecule has 5 nitrogen and oxygen atoms in total. The molecular weight excluding hydrogens is 904 g/mol. The molecule has 6 heteroatoms. The van der Waals surface area contributed by atoms with Crippen molar-refractivity contribution in [2.75, 3.05) is 9.80 Å². The van der Waals surface area contributed by atoms with Crippen molar-refractivity contribution in [3.05, 3.63) is 281 Å². The van der Waals surface area contributed by atoms with Gasteiger partial charge in [0.2, 0.25) is 0 Å². The van der Waals surface area contributed by atoms with Gasteiger partial charge < -0.3 is 24.0 Å². The minimum absolute atomic E-state index is 0.148. The summed E-state index contributed by atoms with van der Waals surface area (Å²) < 4.78 is 21.6. The summed E-state index contributed by atoms with van der Waals surface area (Å²) in [5, 5.41) is 0. The van der Waals surface area contributed by atoms with Crippen molar-refractivity contribution in [3.8, 4) is 56.8 Å². The zero-order chi connectivity index (χ0) is 48.0. The third-order valence-electron chi connectivity index (χ3n) is 17.4. The molecule has 342 valence electrons. The highest BCUT2D eigenvalue weighted by atomic mass is 16.5. The Morgan fingerprint density at radius 3 is 1.05 bits per heavy atom. The third-order valence-corrected chi connectivity index (χ3v) is 17.4. The lowest BCUT2D eigenvalue weighted by atomic mass is 9.32. The lowest BCUT2D eigenvalue weighted by Gasteiger charge is -2.49. The van der Waals surface area contributed by atoms with Crippen LogP contribution in [-0.4, -0.2) is 6.71 Å². The van der Waals surface area contributed by atoms with Crippen molar-refractivity contribution in [2.24, 2.45) is 0 Å². The molecule has 0 bridgehead atoms. The number of rotatable bonds is 4. The number of nitrogens with zero attached hydrogens (tertiary/aromatic N) is 2. The van der Waals surface area contributed by atoms with Crippen LogP contribution in [0.15, 0.2) is 237 Å². The van der Waals surface area contributed by atoms with E-state index in [9.17, 15) is 0 Å². The van der Waals surface area contributed by atoms with Crippen LogP contribution in [0, 0.1) is 0 Å². The molecule has 0 aromatic heterocycles. The Morgan fingerprint density at radius 2 is 0.635 bits per heavy atom. The summed E-state index contributed by atoms with van der Waals surface area (Å²) in [4.78, 5) is 4.98. The molecule has 0 N–H and O–H groups in total. The fourth-order valence-electron chi connectivity index (χ4n) is 14.7. The van der Waals surface area contributed by atoms with Gasteiger partial charge in [-0.25, -0.2) is 0 Å². The van der Waals surface area contributed by atoms with Crippen molar-refractivity contribution < 1.29 is 14.2 Å². The van der Waals surface area contributed by atoms with E-state index < -0.39 is 10.8 Å². The van der Waals surface area contributed by atoms with Gasteiger partial charge in [0.25, 0.3) is 6.71 Å². The average Bonchev–Trinajstić information content (AvgIpc) is 4.06. The Labute approximate surface area is 427 Å². The van der Waals surface area contributed by atoms with Crippen LogP contribution in [0.3, 0.4) is 0 Å². The first-order valence-corrected chi connectivity index (χ1v) is 25.6. The van der Waals surface area contributed by atoms with Gasteiger partial charge in [-0.15, -0.1) is 0 Å². The van der Waals surface area contributed by atoms with E-state index in [2.05, 4.69) is 246 Å². The number of fused-ring (bicyclic) bond motifs is 12. The molecule has 0 spiro atoms. The van der Waals surface area contributed by atoms with Gasteiger partial charge in [-0.3, -0.25) is 0 Å². The van der Waals surface area contributed by atoms with E-state index >= 15 is 0 Å². The first-order chi connectivity index (χ1) is 36.7. The highest BCUT2D eigenvalue weighted by molar-refractivity contribution is 7.01. The Hall–Kier alpha value is -9.52. The number of benzene rings is 11. The predicted molar refractivity (Wildman–Crippen MR) is 295 cm³/mol. The molecule has 0 saturated heterocycles. The molecule has 5 aliphatic heterocycles. The smallest absolute Gasteiger partial charge is 0.262 e. The van der Waals surface area contributed by atoms with Gasteiger partial charge in [-0.2, -0.15) is 0 Å². The topological polar surface area (TPSA) is 34.2 Å². The lowest BCUT2D eigenvalue weighted by Crippen LogP contribution is -2.63. The van der Waals surface area contributed by atoms with E-state index in [1.54, 1.807) is 0 Å². The average molecular weight is 943 g/mol. The van der Waals surface area contributed by atoms with Gasteiger partial charge in [0.15, 0.2) is 23.0 Å². The monoisotopic (exact) mass is 942 g/mol. The van der Waals surface area contributed by atoms with E-state index in [1.807, 2.05) is 0 Å². The zero-order valence-corrected chi connectivity index (χ0v) is 39.7. The van der Waals surface area contributed by atoms with E-state index in [1.165, 1.54) is 72.2 Å². The van der Waals surface area contributed by atoms with Gasteiger partial charge in [0.1, 0.15) is 11.5 Å². The number of hydrogen-bond donors (Lipinski definition) is 0. The molecule has 11 aromatic carbocycles. The van der Waals surface area contributed by atoms with Gasteiger partial charge in [-0.1, -0.05) is 176 Å². The van der Waals surface area contributed by atoms with Gasteiger partial charge >= 0.3 is 0 Å². The SMILES string of the molecule is c1ccc(C2(c3ccccc3)c3ccccc3-c3cc4c(cc32)N2c3cccc5c3B3c6c(ccc(c62)O4)Oc2ccc4c(c23)N5c2cc3c(cc2O4)-c2ccccc2C3(c2ccccc2)c2ccccc2)cc1. The highest BCUT2D eigenvalue weighted by Crippen LogP contribution is 2.65. The minimum Gasteiger partial charge on any atom is -0.458 e. The predicted octanol–water partition coefficient (Wildman–Crippen LogP) is 14.8. The van der Waals surface area contributed by atoms with Crippen molar-refractivity contribution in [1.29, 1.82) is 0 Å². The van der Waals surface area contributed by atoms with Crippen LogP contribution in [0.25, 0.3) is 22.3 Å².